The summed E-state index contributed by atoms with van der Waals surface area (Å²) in [6.45, 7) is 1.51. The van der Waals surface area contributed by atoms with Crippen LogP contribution in [0.5, 0.6) is 0 Å². The first-order valence-electron chi connectivity index (χ1n) is 10.7. The molecule has 0 spiro atoms. The maximum absolute atomic E-state index is 13.4. The summed E-state index contributed by atoms with van der Waals surface area (Å²) in [5.41, 5.74) is 5.60. The summed E-state index contributed by atoms with van der Waals surface area (Å²) in [6.07, 6.45) is 10.0. The van der Waals surface area contributed by atoms with Gasteiger partial charge in [-0.05, 0) is 61.1 Å². The molecule has 2 aromatic heterocycles. The van der Waals surface area contributed by atoms with Crippen LogP contribution in [0.25, 0.3) is 11.1 Å². The molecule has 1 fully saturated rings. The van der Waals surface area contributed by atoms with E-state index in [1.807, 2.05) is 35.4 Å². The number of rotatable bonds is 3. The number of hydrogen-bond donors (Lipinski definition) is 0. The maximum atomic E-state index is 13.4. The predicted octanol–water partition coefficient (Wildman–Crippen LogP) is 5.76. The van der Waals surface area contributed by atoms with Gasteiger partial charge >= 0.3 is 0 Å². The van der Waals surface area contributed by atoms with Crippen LogP contribution in [0, 0.1) is 0 Å². The molecule has 0 N–H and O–H groups in total. The van der Waals surface area contributed by atoms with Crippen molar-refractivity contribution in [1.82, 2.24) is 14.9 Å². The summed E-state index contributed by atoms with van der Waals surface area (Å²) < 4.78 is 0. The van der Waals surface area contributed by atoms with E-state index in [2.05, 4.69) is 15.3 Å². The number of halogens is 1. The highest BCUT2D eigenvalue weighted by atomic mass is 35.5. The number of piperidine rings is 1. The summed E-state index contributed by atoms with van der Waals surface area (Å²) in [6, 6.07) is 7.81. The second-order valence-electron chi connectivity index (χ2n) is 8.17. The monoisotopic (exact) mass is 437 g/mol. The van der Waals surface area contributed by atoms with Crippen molar-refractivity contribution in [2.75, 3.05) is 13.1 Å². The van der Waals surface area contributed by atoms with E-state index in [0.29, 0.717) is 11.6 Å². The number of thiophene rings is 1. The molecule has 1 aliphatic carbocycles. The lowest BCUT2D eigenvalue weighted by molar-refractivity contribution is 0.0709. The highest BCUT2D eigenvalue weighted by molar-refractivity contribution is 7.12. The first-order valence-corrected chi connectivity index (χ1v) is 11.9. The lowest BCUT2D eigenvalue weighted by atomic mass is 9.89. The lowest BCUT2D eigenvalue weighted by Crippen LogP contribution is -2.39. The fourth-order valence-corrected chi connectivity index (χ4v) is 6.14. The molecule has 2 aliphatic rings. The highest BCUT2D eigenvalue weighted by Crippen LogP contribution is 2.37. The van der Waals surface area contributed by atoms with Crippen LogP contribution in [0.4, 0.5) is 0 Å². The first kappa shape index (κ1) is 19.7. The molecule has 6 heteroatoms. The normalized spacial score (nSPS) is 18.8. The lowest BCUT2D eigenvalue weighted by Gasteiger charge is -2.33. The van der Waals surface area contributed by atoms with Crippen molar-refractivity contribution in [2.24, 2.45) is 0 Å². The van der Waals surface area contributed by atoms with Crippen LogP contribution < -0.4 is 0 Å². The fraction of sp³-hybridized carbons (Fsp3) is 0.375. The molecule has 1 amide bonds. The van der Waals surface area contributed by atoms with Crippen molar-refractivity contribution in [3.63, 3.8) is 0 Å². The molecule has 1 aliphatic heterocycles. The first-order chi connectivity index (χ1) is 14.7. The molecule has 1 atom stereocenters. The number of benzene rings is 1. The fourth-order valence-electron chi connectivity index (χ4n) is 4.78. The van der Waals surface area contributed by atoms with Crippen LogP contribution in [0.1, 0.15) is 58.1 Å². The molecule has 0 saturated carbocycles. The van der Waals surface area contributed by atoms with Gasteiger partial charge < -0.3 is 4.90 Å². The average Bonchev–Trinajstić information content (AvgIpc) is 3.23. The SMILES string of the molecule is O=C(c1scc2c1CCCC2)N1CCCC(c2ncncc2-c2ccccc2Cl)C1. The summed E-state index contributed by atoms with van der Waals surface area (Å²) in [5, 5.41) is 2.89. The number of aromatic nitrogens is 2. The zero-order chi connectivity index (χ0) is 20.5. The Kier molecular flexibility index (Phi) is 5.57. The minimum absolute atomic E-state index is 0.188. The number of carbonyl (C=O) groups excluding carboxylic acids is 1. The number of amides is 1. The Morgan fingerprint density at radius 3 is 2.90 bits per heavy atom. The van der Waals surface area contributed by atoms with E-state index in [9.17, 15) is 4.79 Å². The summed E-state index contributed by atoms with van der Waals surface area (Å²) in [7, 11) is 0. The number of carbonyl (C=O) groups is 1. The van der Waals surface area contributed by atoms with Gasteiger partial charge in [-0.15, -0.1) is 11.3 Å². The Labute approximate surface area is 185 Å². The summed E-state index contributed by atoms with van der Waals surface area (Å²) >= 11 is 8.10. The Balaban J connectivity index is 1.42. The Bertz CT molecular complexity index is 1080. The van der Waals surface area contributed by atoms with Crippen molar-refractivity contribution in [3.8, 4) is 11.1 Å². The van der Waals surface area contributed by atoms with E-state index < -0.39 is 0 Å². The topological polar surface area (TPSA) is 46.1 Å². The quantitative estimate of drug-likeness (QED) is 0.523. The van der Waals surface area contributed by atoms with Gasteiger partial charge in [0.15, 0.2) is 0 Å². The molecule has 30 heavy (non-hydrogen) atoms. The zero-order valence-corrected chi connectivity index (χ0v) is 18.4. The van der Waals surface area contributed by atoms with Crippen LogP contribution in [0.2, 0.25) is 5.02 Å². The smallest absolute Gasteiger partial charge is 0.264 e. The third-order valence-corrected chi connectivity index (χ3v) is 7.69. The minimum atomic E-state index is 0.188. The van der Waals surface area contributed by atoms with E-state index in [0.717, 1.165) is 53.9 Å². The van der Waals surface area contributed by atoms with Gasteiger partial charge in [0.05, 0.1) is 10.6 Å². The minimum Gasteiger partial charge on any atom is -0.337 e. The number of nitrogens with zero attached hydrogens (tertiary/aromatic N) is 3. The Morgan fingerprint density at radius 2 is 2.00 bits per heavy atom. The number of aryl methyl sites for hydroxylation is 1. The second kappa shape index (κ2) is 8.48. The highest BCUT2D eigenvalue weighted by Gasteiger charge is 2.31. The summed E-state index contributed by atoms with van der Waals surface area (Å²) in [4.78, 5) is 25.3. The number of likely N-dealkylation sites (tertiary alicyclic amines) is 1. The average molecular weight is 438 g/mol. The molecule has 5 rings (SSSR count). The van der Waals surface area contributed by atoms with E-state index in [1.54, 1.807) is 17.7 Å². The van der Waals surface area contributed by atoms with E-state index in [-0.39, 0.29) is 11.8 Å². The van der Waals surface area contributed by atoms with Crippen molar-refractivity contribution in [3.05, 3.63) is 68.9 Å². The Morgan fingerprint density at radius 1 is 1.13 bits per heavy atom. The van der Waals surface area contributed by atoms with Crippen molar-refractivity contribution >= 4 is 28.8 Å². The second-order valence-corrected chi connectivity index (χ2v) is 9.45. The third kappa shape index (κ3) is 3.65. The van der Waals surface area contributed by atoms with Crippen LogP contribution in [0.15, 0.2) is 42.2 Å². The molecule has 1 saturated heterocycles. The molecule has 0 bridgehead atoms. The van der Waals surface area contributed by atoms with Crippen LogP contribution in [-0.4, -0.2) is 33.9 Å². The van der Waals surface area contributed by atoms with Crippen LogP contribution >= 0.6 is 22.9 Å². The van der Waals surface area contributed by atoms with Crippen molar-refractivity contribution < 1.29 is 4.79 Å². The molecule has 0 radical (unpaired) electrons. The van der Waals surface area contributed by atoms with E-state index >= 15 is 0 Å². The van der Waals surface area contributed by atoms with Crippen molar-refractivity contribution in [2.45, 2.75) is 44.4 Å². The molecule has 3 aromatic rings. The van der Waals surface area contributed by atoms with Gasteiger partial charge in [0.25, 0.3) is 5.91 Å². The molecular weight excluding hydrogens is 414 g/mol. The number of hydrogen-bond acceptors (Lipinski definition) is 4. The van der Waals surface area contributed by atoms with E-state index in [4.69, 9.17) is 11.6 Å². The van der Waals surface area contributed by atoms with Crippen molar-refractivity contribution in [1.29, 1.82) is 0 Å². The molecule has 3 heterocycles. The molecular formula is C24H24ClN3OS. The van der Waals surface area contributed by atoms with Crippen LogP contribution in [-0.2, 0) is 12.8 Å². The van der Waals surface area contributed by atoms with Gasteiger partial charge in [0.1, 0.15) is 6.33 Å². The molecule has 4 nitrogen and oxygen atoms in total. The van der Waals surface area contributed by atoms with Gasteiger partial charge in [-0.3, -0.25) is 4.79 Å². The van der Waals surface area contributed by atoms with Gasteiger partial charge in [-0.25, -0.2) is 9.97 Å². The number of fused-ring (bicyclic) bond motifs is 1. The molecule has 154 valence electrons. The molecule has 1 aromatic carbocycles. The van der Waals surface area contributed by atoms with E-state index in [1.165, 1.54) is 24.0 Å². The van der Waals surface area contributed by atoms with Crippen LogP contribution in [0.3, 0.4) is 0 Å². The van der Waals surface area contributed by atoms with Gasteiger partial charge in [0.2, 0.25) is 0 Å². The third-order valence-electron chi connectivity index (χ3n) is 6.30. The summed E-state index contributed by atoms with van der Waals surface area (Å²) in [5.74, 6) is 0.383. The molecule has 1 unspecified atom stereocenters. The maximum Gasteiger partial charge on any atom is 0.264 e. The zero-order valence-electron chi connectivity index (χ0n) is 16.8. The van der Waals surface area contributed by atoms with Gasteiger partial charge in [-0.1, -0.05) is 29.8 Å². The Hall–Kier alpha value is -2.24. The standard InChI is InChI=1S/C24H24ClN3OS/c25-21-10-4-3-9-19(21)20-12-26-15-27-22(20)16-7-5-11-28(13-16)24(29)23-18-8-2-1-6-17(18)14-30-23/h3-4,9-10,12,14-16H,1-2,5-8,11,13H2. The largest absolute Gasteiger partial charge is 0.337 e. The predicted molar refractivity (Wildman–Crippen MR) is 121 cm³/mol. The van der Waals surface area contributed by atoms with Gasteiger partial charge in [-0.2, -0.15) is 0 Å². The van der Waals surface area contributed by atoms with Gasteiger partial charge in [0, 0.05) is 41.4 Å².